The Hall–Kier alpha value is -1.42. The van der Waals surface area contributed by atoms with E-state index in [2.05, 4.69) is 25.0 Å². The molecule has 4 aliphatic carbocycles. The Morgan fingerprint density at radius 3 is 2.62 bits per heavy atom. The molecule has 1 N–H and O–H groups in total. The topological polar surface area (TPSA) is 55.1 Å². The van der Waals surface area contributed by atoms with Crippen LogP contribution < -0.4 is 0 Å². The van der Waals surface area contributed by atoms with Crippen molar-refractivity contribution < 1.29 is 9.90 Å². The fraction of sp³-hybridized carbons (Fsp3) is 0.760. The first-order valence-corrected chi connectivity index (χ1v) is 11.6. The van der Waals surface area contributed by atoms with E-state index in [9.17, 15) is 9.90 Å². The zero-order chi connectivity index (χ0) is 20.6. The van der Waals surface area contributed by atoms with Crippen molar-refractivity contribution in [1.82, 2.24) is 9.78 Å². The normalized spacial score (nSPS) is 45.8. The molecule has 4 aliphatic rings. The summed E-state index contributed by atoms with van der Waals surface area (Å²) in [6, 6.07) is 0. The molecular formula is C25H36N2O2. The first-order valence-electron chi connectivity index (χ1n) is 11.6. The Morgan fingerprint density at radius 1 is 1.14 bits per heavy atom. The minimum Gasteiger partial charge on any atom is -0.393 e. The number of nitrogens with zero attached hydrogens (tertiary/aromatic N) is 2. The van der Waals surface area contributed by atoms with E-state index in [0.717, 1.165) is 48.4 Å². The molecule has 0 aromatic carbocycles. The average molecular weight is 397 g/mol. The van der Waals surface area contributed by atoms with Crippen LogP contribution in [-0.2, 0) is 11.8 Å². The lowest BCUT2D eigenvalue weighted by molar-refractivity contribution is -0.134. The van der Waals surface area contributed by atoms with Crippen LogP contribution in [0.3, 0.4) is 0 Å². The van der Waals surface area contributed by atoms with Gasteiger partial charge in [-0.3, -0.25) is 9.48 Å². The summed E-state index contributed by atoms with van der Waals surface area (Å²) in [6.07, 6.45) is 12.7. The average Bonchev–Trinajstić information content (AvgIpc) is 3.14. The maximum absolute atomic E-state index is 13.0. The van der Waals surface area contributed by atoms with Crippen LogP contribution in [0.1, 0.15) is 76.5 Å². The molecular weight excluding hydrogens is 360 g/mol. The van der Waals surface area contributed by atoms with Crippen LogP contribution in [0, 0.1) is 41.4 Å². The molecule has 4 nitrogen and oxygen atoms in total. The highest BCUT2D eigenvalue weighted by Gasteiger charge is 2.60. The van der Waals surface area contributed by atoms with Crippen LogP contribution in [0.15, 0.2) is 11.8 Å². The highest BCUT2D eigenvalue weighted by Crippen LogP contribution is 2.66. The van der Waals surface area contributed by atoms with Crippen molar-refractivity contribution in [1.29, 1.82) is 0 Å². The molecule has 5 rings (SSSR count). The number of aliphatic hydroxyl groups excluding tert-OH is 1. The van der Waals surface area contributed by atoms with Crippen LogP contribution in [0.25, 0.3) is 6.08 Å². The number of aliphatic hydroxyl groups is 1. The summed E-state index contributed by atoms with van der Waals surface area (Å²) in [7, 11) is 1.94. The summed E-state index contributed by atoms with van der Waals surface area (Å²) in [6.45, 7) is 6.86. The Morgan fingerprint density at radius 2 is 1.90 bits per heavy atom. The molecule has 0 aliphatic heterocycles. The molecule has 1 aromatic heterocycles. The lowest BCUT2D eigenvalue weighted by Crippen LogP contribution is -2.54. The van der Waals surface area contributed by atoms with Gasteiger partial charge in [-0.1, -0.05) is 13.8 Å². The zero-order valence-electron chi connectivity index (χ0n) is 18.4. The van der Waals surface area contributed by atoms with Crippen LogP contribution in [0.2, 0.25) is 0 Å². The molecule has 0 spiro atoms. The second-order valence-electron chi connectivity index (χ2n) is 11.1. The van der Waals surface area contributed by atoms with Gasteiger partial charge in [0, 0.05) is 25.2 Å². The third-order valence-corrected chi connectivity index (χ3v) is 9.76. The monoisotopic (exact) mass is 396 g/mol. The van der Waals surface area contributed by atoms with Gasteiger partial charge in [0.25, 0.3) is 0 Å². The van der Waals surface area contributed by atoms with Gasteiger partial charge in [-0.15, -0.1) is 0 Å². The summed E-state index contributed by atoms with van der Waals surface area (Å²) in [5.41, 5.74) is 3.43. The van der Waals surface area contributed by atoms with Crippen LogP contribution in [0.4, 0.5) is 0 Å². The second kappa shape index (κ2) is 6.54. The van der Waals surface area contributed by atoms with E-state index in [1.165, 1.54) is 25.7 Å². The minimum absolute atomic E-state index is 0.115. The van der Waals surface area contributed by atoms with Gasteiger partial charge in [-0.25, -0.2) is 0 Å². The molecule has 1 heterocycles. The van der Waals surface area contributed by atoms with Gasteiger partial charge in [0.1, 0.15) is 0 Å². The van der Waals surface area contributed by atoms with E-state index in [4.69, 9.17) is 0 Å². The Labute approximate surface area is 174 Å². The van der Waals surface area contributed by atoms with Gasteiger partial charge >= 0.3 is 0 Å². The SMILES string of the molecule is Cc1nn(C)cc1/C=C1\C[C@@]2(C)[C@@H](CC[C@H]3[C@H]2CC[C@]2(C)[C@H](O)CC[C@H]32)CC1=O. The van der Waals surface area contributed by atoms with Gasteiger partial charge < -0.3 is 5.11 Å². The number of carbonyl (C=O) groups excluding carboxylic acids is 1. The molecule has 0 unspecified atom stereocenters. The van der Waals surface area contributed by atoms with Crippen molar-refractivity contribution in [2.45, 2.75) is 78.2 Å². The van der Waals surface area contributed by atoms with Gasteiger partial charge in [0.15, 0.2) is 5.78 Å². The largest absolute Gasteiger partial charge is 0.393 e. The highest BCUT2D eigenvalue weighted by molar-refractivity contribution is 6.00. The minimum atomic E-state index is -0.115. The van der Waals surface area contributed by atoms with Gasteiger partial charge in [-0.05, 0) is 98.0 Å². The van der Waals surface area contributed by atoms with Gasteiger partial charge in [0.2, 0.25) is 0 Å². The molecule has 7 atom stereocenters. The zero-order valence-corrected chi connectivity index (χ0v) is 18.4. The lowest BCUT2D eigenvalue weighted by Gasteiger charge is -2.60. The standard InChI is InChI=1S/C25H36N2O2/c1-15-17(14-27(4)26-15)11-16-13-25(3)18(12-22(16)28)5-6-19-20-7-8-23(29)24(20,2)10-9-21(19)25/h11,14,18-21,23,29H,5-10,12-13H2,1-4H3/b16-11+/t18-,19+,20+,21+,23+,24-,25-/m0/s1. The highest BCUT2D eigenvalue weighted by atomic mass is 16.3. The van der Waals surface area contributed by atoms with Gasteiger partial charge in [0.05, 0.1) is 11.8 Å². The molecule has 0 radical (unpaired) electrons. The molecule has 158 valence electrons. The van der Waals surface area contributed by atoms with Crippen LogP contribution in [-0.4, -0.2) is 26.8 Å². The van der Waals surface area contributed by atoms with E-state index in [-0.39, 0.29) is 16.9 Å². The van der Waals surface area contributed by atoms with Crippen molar-refractivity contribution in [3.8, 4) is 0 Å². The van der Waals surface area contributed by atoms with Crippen molar-refractivity contribution in [2.75, 3.05) is 0 Å². The molecule has 29 heavy (non-hydrogen) atoms. The maximum Gasteiger partial charge on any atom is 0.159 e. The van der Waals surface area contributed by atoms with Crippen LogP contribution in [0.5, 0.6) is 0 Å². The van der Waals surface area contributed by atoms with Crippen molar-refractivity contribution in [3.05, 3.63) is 23.0 Å². The third-order valence-electron chi connectivity index (χ3n) is 9.76. The number of allylic oxidation sites excluding steroid dienone is 1. The number of rotatable bonds is 1. The predicted octanol–water partition coefficient (Wildman–Crippen LogP) is 4.69. The quantitative estimate of drug-likeness (QED) is 0.701. The van der Waals surface area contributed by atoms with Crippen molar-refractivity contribution >= 4 is 11.9 Å². The second-order valence-corrected chi connectivity index (χ2v) is 11.1. The molecule has 4 heteroatoms. The lowest BCUT2D eigenvalue weighted by atomic mass is 9.45. The molecule has 4 saturated carbocycles. The summed E-state index contributed by atoms with van der Waals surface area (Å²) in [5, 5.41) is 15.1. The van der Waals surface area contributed by atoms with Crippen LogP contribution >= 0.6 is 0 Å². The number of fused-ring (bicyclic) bond motifs is 5. The fourth-order valence-corrected chi connectivity index (χ4v) is 8.06. The Kier molecular flexibility index (Phi) is 4.40. The number of aryl methyl sites for hydroxylation is 2. The summed E-state index contributed by atoms with van der Waals surface area (Å²) in [4.78, 5) is 13.0. The third kappa shape index (κ3) is 2.81. The fourth-order valence-electron chi connectivity index (χ4n) is 8.06. The molecule has 0 saturated heterocycles. The molecule has 1 aromatic rings. The van der Waals surface area contributed by atoms with E-state index < -0.39 is 0 Å². The maximum atomic E-state index is 13.0. The van der Waals surface area contributed by atoms with E-state index in [1.54, 1.807) is 0 Å². The van der Waals surface area contributed by atoms with E-state index in [1.807, 2.05) is 24.9 Å². The smallest absolute Gasteiger partial charge is 0.159 e. The molecule has 0 bridgehead atoms. The van der Waals surface area contributed by atoms with Crippen molar-refractivity contribution in [3.63, 3.8) is 0 Å². The molecule has 0 amide bonds. The van der Waals surface area contributed by atoms with E-state index in [0.29, 0.717) is 23.5 Å². The van der Waals surface area contributed by atoms with E-state index >= 15 is 0 Å². The first kappa shape index (κ1) is 19.5. The Bertz CT molecular complexity index is 870. The number of hydrogen-bond acceptors (Lipinski definition) is 3. The van der Waals surface area contributed by atoms with Crippen molar-refractivity contribution in [2.24, 2.45) is 41.5 Å². The molecule has 4 fully saturated rings. The summed E-state index contributed by atoms with van der Waals surface area (Å²) >= 11 is 0. The number of hydrogen-bond donors (Lipinski definition) is 1. The summed E-state index contributed by atoms with van der Waals surface area (Å²) in [5.74, 6) is 2.96. The summed E-state index contributed by atoms with van der Waals surface area (Å²) < 4.78 is 1.84. The first-order chi connectivity index (χ1) is 13.7. The number of carbonyl (C=O) groups is 1. The number of ketones is 1. The Balaban J connectivity index is 1.47. The number of aromatic nitrogens is 2. The van der Waals surface area contributed by atoms with Gasteiger partial charge in [-0.2, -0.15) is 5.10 Å². The predicted molar refractivity (Wildman–Crippen MR) is 114 cm³/mol. The number of Topliss-reactive ketones (excluding diaryl/α,β-unsaturated/α-hetero) is 1.